The molecule has 2 N–H and O–H groups in total. The summed E-state index contributed by atoms with van der Waals surface area (Å²) in [5.74, 6) is 1.41. The summed E-state index contributed by atoms with van der Waals surface area (Å²) in [5.41, 5.74) is 1.25. The smallest absolute Gasteiger partial charge is 0.306 e. The highest BCUT2D eigenvalue weighted by molar-refractivity contribution is 6.07. The van der Waals surface area contributed by atoms with Crippen LogP contribution in [0.2, 0.25) is 0 Å². The van der Waals surface area contributed by atoms with Crippen molar-refractivity contribution in [1.82, 2.24) is 15.1 Å². The molecule has 3 unspecified atom stereocenters. The lowest BCUT2D eigenvalue weighted by atomic mass is 9.94. The molecule has 0 heterocycles. The van der Waals surface area contributed by atoms with Crippen molar-refractivity contribution in [1.29, 1.82) is 0 Å². The summed E-state index contributed by atoms with van der Waals surface area (Å²) in [5, 5.41) is 13.5. The minimum absolute atomic E-state index is 0.0104. The molecule has 0 amide bonds. The van der Waals surface area contributed by atoms with Crippen LogP contribution in [0.3, 0.4) is 0 Å². The summed E-state index contributed by atoms with van der Waals surface area (Å²) >= 11 is 0. The van der Waals surface area contributed by atoms with E-state index in [1.165, 1.54) is 154 Å². The van der Waals surface area contributed by atoms with E-state index in [1.807, 2.05) is 14.1 Å². The molecule has 0 aromatic rings. The van der Waals surface area contributed by atoms with E-state index in [0.29, 0.717) is 35.4 Å². The van der Waals surface area contributed by atoms with Crippen molar-refractivity contribution >= 4 is 17.5 Å². The summed E-state index contributed by atoms with van der Waals surface area (Å²) in [4.78, 5) is 42.2. The summed E-state index contributed by atoms with van der Waals surface area (Å²) in [6.45, 7) is 10.7. The number of ether oxygens (including phenoxy) is 1. The predicted octanol–water partition coefficient (Wildman–Crippen LogP) is 13.4. The van der Waals surface area contributed by atoms with Crippen molar-refractivity contribution in [3.05, 3.63) is 11.4 Å². The number of aliphatic hydroxyl groups excluding tert-OH is 1. The zero-order valence-corrected chi connectivity index (χ0v) is 41.6. The van der Waals surface area contributed by atoms with E-state index in [1.54, 1.807) is 4.90 Å². The van der Waals surface area contributed by atoms with Gasteiger partial charge in [0, 0.05) is 39.4 Å². The molecule has 2 aliphatic rings. The van der Waals surface area contributed by atoms with Gasteiger partial charge < -0.3 is 25.0 Å². The number of hydrogen-bond acceptors (Lipinski definition) is 8. The third-order valence-electron chi connectivity index (χ3n) is 13.7. The van der Waals surface area contributed by atoms with Crippen molar-refractivity contribution in [3.8, 4) is 0 Å². The molecule has 8 heteroatoms. The number of Topliss-reactive ketones (excluding diaryl/α,β-unsaturated/α-hetero) is 2. The van der Waals surface area contributed by atoms with Crippen LogP contribution in [0, 0.1) is 11.8 Å². The highest BCUT2D eigenvalue weighted by Crippen LogP contribution is 2.44. The van der Waals surface area contributed by atoms with Gasteiger partial charge in [-0.1, -0.05) is 168 Å². The maximum Gasteiger partial charge on any atom is 0.306 e. The Morgan fingerprint density at radius 2 is 1.06 bits per heavy atom. The van der Waals surface area contributed by atoms with Crippen LogP contribution in [0.15, 0.2) is 11.4 Å². The van der Waals surface area contributed by atoms with E-state index in [2.05, 4.69) is 31.0 Å². The predicted molar refractivity (Wildman–Crippen MR) is 261 cm³/mol. The first-order valence-corrected chi connectivity index (χ1v) is 27.0. The first-order valence-electron chi connectivity index (χ1n) is 27.0. The van der Waals surface area contributed by atoms with Crippen LogP contribution >= 0.6 is 0 Å². The normalized spacial score (nSPS) is 17.3. The van der Waals surface area contributed by atoms with Gasteiger partial charge in [0.2, 0.25) is 5.78 Å². The number of carbonyl (C=O) groups is 3. The standard InChI is InChI=1S/C54H101N3O5/c1-6-9-12-15-18-21-28-36-46-45-48(46)49(58)39-31-24-19-26-33-42-57(44-35-41-55-51-52(56(4)5)54(61)53(51)60)43-34-27-20-25-32-40-50(59)62-47(37-29-22-16-13-10-7-2)38-30-23-17-14-11-8-3/h46-48,53,55,60H,6-45H2,1-5H3. The Balaban J connectivity index is 1.66. The molecule has 0 bridgehead atoms. The molecule has 0 aromatic heterocycles. The average Bonchev–Trinajstić information content (AvgIpc) is 4.04. The zero-order chi connectivity index (χ0) is 45.0. The topological polar surface area (TPSA) is 99.2 Å². The fourth-order valence-electron chi connectivity index (χ4n) is 9.57. The molecule has 0 radical (unpaired) electrons. The van der Waals surface area contributed by atoms with Gasteiger partial charge in [-0.2, -0.15) is 0 Å². The zero-order valence-electron chi connectivity index (χ0n) is 41.6. The quantitative estimate of drug-likeness (QED) is 0.0461. The lowest BCUT2D eigenvalue weighted by Gasteiger charge is -2.33. The van der Waals surface area contributed by atoms with Gasteiger partial charge >= 0.3 is 5.97 Å². The van der Waals surface area contributed by atoms with E-state index < -0.39 is 6.10 Å². The van der Waals surface area contributed by atoms with Gasteiger partial charge in [-0.25, -0.2) is 0 Å². The summed E-state index contributed by atoms with van der Waals surface area (Å²) in [6, 6.07) is 0. The van der Waals surface area contributed by atoms with Crippen LogP contribution in [0.4, 0.5) is 0 Å². The highest BCUT2D eigenvalue weighted by Gasteiger charge is 2.41. The molecule has 0 aliphatic heterocycles. The number of nitrogens with zero attached hydrogens (tertiary/aromatic N) is 2. The van der Waals surface area contributed by atoms with Gasteiger partial charge in [0.05, 0.1) is 5.70 Å². The maximum absolute atomic E-state index is 12.9. The minimum Gasteiger partial charge on any atom is -0.462 e. The van der Waals surface area contributed by atoms with Gasteiger partial charge in [-0.15, -0.1) is 0 Å². The maximum atomic E-state index is 12.9. The summed E-state index contributed by atoms with van der Waals surface area (Å²) in [6.07, 6.45) is 41.8. The van der Waals surface area contributed by atoms with E-state index in [4.69, 9.17) is 4.74 Å². The number of likely N-dealkylation sites (N-methyl/N-ethyl adjacent to an activating group) is 1. The number of aliphatic hydroxyl groups is 1. The molecule has 2 aliphatic carbocycles. The fourth-order valence-corrected chi connectivity index (χ4v) is 9.57. The van der Waals surface area contributed by atoms with Crippen molar-refractivity contribution in [2.75, 3.05) is 40.3 Å². The fraction of sp³-hybridized carbons (Fsp3) is 0.907. The molecular formula is C54H101N3O5. The number of carbonyl (C=O) groups excluding carboxylic acids is 3. The van der Waals surface area contributed by atoms with Gasteiger partial charge in [0.25, 0.3) is 0 Å². The first kappa shape index (κ1) is 56.2. The molecule has 3 atom stereocenters. The number of hydrogen-bond donors (Lipinski definition) is 2. The molecule has 0 saturated heterocycles. The summed E-state index contributed by atoms with van der Waals surface area (Å²) in [7, 11) is 3.69. The Labute approximate surface area is 383 Å². The Morgan fingerprint density at radius 1 is 0.613 bits per heavy atom. The molecule has 362 valence electrons. The Bertz CT molecular complexity index is 1160. The van der Waals surface area contributed by atoms with Crippen LogP contribution in [-0.2, 0) is 19.1 Å². The highest BCUT2D eigenvalue weighted by atomic mass is 16.5. The number of rotatable bonds is 46. The number of nitrogens with one attached hydrogen (secondary N) is 1. The molecule has 1 saturated carbocycles. The Morgan fingerprint density at radius 3 is 1.60 bits per heavy atom. The van der Waals surface area contributed by atoms with Crippen molar-refractivity contribution < 1.29 is 24.2 Å². The Kier molecular flexibility index (Phi) is 33.8. The summed E-state index contributed by atoms with van der Waals surface area (Å²) < 4.78 is 6.08. The lowest BCUT2D eigenvalue weighted by Crippen LogP contribution is -2.48. The second-order valence-electron chi connectivity index (χ2n) is 19.8. The molecule has 0 spiro atoms. The largest absolute Gasteiger partial charge is 0.462 e. The van der Waals surface area contributed by atoms with Gasteiger partial charge in [-0.3, -0.25) is 14.4 Å². The number of ketones is 2. The van der Waals surface area contributed by atoms with E-state index >= 15 is 0 Å². The van der Waals surface area contributed by atoms with Gasteiger partial charge in [0.15, 0.2) is 6.10 Å². The van der Waals surface area contributed by atoms with Crippen molar-refractivity contribution in [2.24, 2.45) is 11.8 Å². The minimum atomic E-state index is -1.02. The molecule has 1 fully saturated rings. The van der Waals surface area contributed by atoms with Gasteiger partial charge in [0.1, 0.15) is 17.6 Å². The molecular weight excluding hydrogens is 771 g/mol. The van der Waals surface area contributed by atoms with Crippen molar-refractivity contribution in [3.63, 3.8) is 0 Å². The second-order valence-corrected chi connectivity index (χ2v) is 19.8. The number of esters is 1. The van der Waals surface area contributed by atoms with E-state index in [0.717, 1.165) is 96.8 Å². The van der Waals surface area contributed by atoms with Crippen molar-refractivity contribution in [2.45, 2.75) is 264 Å². The van der Waals surface area contributed by atoms with Crippen LogP contribution < -0.4 is 5.32 Å². The Hall–Kier alpha value is -1.93. The lowest BCUT2D eigenvalue weighted by molar-refractivity contribution is -0.150. The number of unbranched alkanes of at least 4 members (excludes halogenated alkanes) is 24. The van der Waals surface area contributed by atoms with Gasteiger partial charge in [-0.05, 0) is 96.2 Å². The van der Waals surface area contributed by atoms with E-state index in [-0.39, 0.29) is 17.9 Å². The van der Waals surface area contributed by atoms with E-state index in [9.17, 15) is 19.5 Å². The second kappa shape index (κ2) is 37.3. The van der Waals surface area contributed by atoms with Crippen LogP contribution in [0.5, 0.6) is 0 Å². The van der Waals surface area contributed by atoms with Crippen LogP contribution in [0.1, 0.15) is 252 Å². The van der Waals surface area contributed by atoms with Crippen LogP contribution in [-0.4, -0.2) is 84.9 Å². The molecule has 0 aromatic carbocycles. The monoisotopic (exact) mass is 872 g/mol. The first-order chi connectivity index (χ1) is 30.2. The third-order valence-corrected chi connectivity index (χ3v) is 13.7. The molecule has 8 nitrogen and oxygen atoms in total. The third kappa shape index (κ3) is 26.8. The average molecular weight is 872 g/mol. The van der Waals surface area contributed by atoms with Crippen LogP contribution in [0.25, 0.3) is 0 Å². The SMILES string of the molecule is CCCCCCCCCC1CC1C(=O)CCCCCCCN(CCCCCCCC(=O)OC(CCCCCCCC)CCCCCCCC)CCCNC1=C(N(C)C)C(=O)C1O. The molecule has 62 heavy (non-hydrogen) atoms. The molecule has 2 rings (SSSR count).